The summed E-state index contributed by atoms with van der Waals surface area (Å²) in [4.78, 5) is 15.3. The van der Waals surface area contributed by atoms with Crippen LogP contribution in [0.4, 0.5) is 4.39 Å². The summed E-state index contributed by atoms with van der Waals surface area (Å²) in [5, 5.41) is 14.5. The van der Waals surface area contributed by atoms with Gasteiger partial charge in [-0.3, -0.25) is 9.69 Å². The minimum Gasteiger partial charge on any atom is -0.379 e. The number of benzene rings is 2. The van der Waals surface area contributed by atoms with Crippen molar-refractivity contribution in [2.75, 3.05) is 32.8 Å². The van der Waals surface area contributed by atoms with E-state index in [1.165, 1.54) is 23.1 Å². The van der Waals surface area contributed by atoms with Gasteiger partial charge in [0, 0.05) is 36.8 Å². The smallest absolute Gasteiger partial charge is 0.251 e. The Hall–Kier alpha value is -2.88. The van der Waals surface area contributed by atoms with Crippen LogP contribution in [0.2, 0.25) is 5.02 Å². The Labute approximate surface area is 183 Å². The molecule has 0 aliphatic carbocycles. The van der Waals surface area contributed by atoms with E-state index in [9.17, 15) is 9.18 Å². The average Bonchev–Trinajstić information content (AvgIpc) is 3.29. The number of halogens is 2. The van der Waals surface area contributed by atoms with Gasteiger partial charge in [0.15, 0.2) is 0 Å². The maximum absolute atomic E-state index is 13.5. The molecular weight excluding hydrogens is 423 g/mol. The molecule has 1 aliphatic heterocycles. The van der Waals surface area contributed by atoms with Crippen LogP contribution in [0.5, 0.6) is 0 Å². The molecule has 4 rings (SSSR count). The van der Waals surface area contributed by atoms with Gasteiger partial charge in [-0.05, 0) is 59.3 Å². The number of hydrogen-bond acceptors (Lipinski definition) is 6. The first-order valence-corrected chi connectivity index (χ1v) is 10.3. The molecule has 162 valence electrons. The largest absolute Gasteiger partial charge is 0.379 e. The van der Waals surface area contributed by atoms with Gasteiger partial charge in [0.05, 0.1) is 23.9 Å². The summed E-state index contributed by atoms with van der Waals surface area (Å²) < 4.78 is 20.3. The molecular formula is C21H22ClFN6O2. The third kappa shape index (κ3) is 5.25. The van der Waals surface area contributed by atoms with Crippen molar-refractivity contribution in [3.8, 4) is 16.8 Å². The van der Waals surface area contributed by atoms with Gasteiger partial charge in [-0.25, -0.2) is 9.07 Å². The molecule has 3 aromatic rings. The first-order valence-electron chi connectivity index (χ1n) is 9.94. The molecule has 2 heterocycles. The van der Waals surface area contributed by atoms with Crippen LogP contribution >= 0.6 is 11.6 Å². The molecule has 0 radical (unpaired) electrons. The van der Waals surface area contributed by atoms with Crippen molar-refractivity contribution < 1.29 is 13.9 Å². The van der Waals surface area contributed by atoms with Crippen molar-refractivity contribution in [1.82, 2.24) is 30.4 Å². The quantitative estimate of drug-likeness (QED) is 0.629. The number of carbonyl (C=O) groups is 1. The number of hydrogen-bond donors (Lipinski definition) is 1. The summed E-state index contributed by atoms with van der Waals surface area (Å²) in [6, 6.07) is 9.32. The predicted octanol–water partition coefficient (Wildman–Crippen LogP) is 2.57. The van der Waals surface area contributed by atoms with Crippen LogP contribution in [-0.2, 0) is 4.74 Å². The van der Waals surface area contributed by atoms with E-state index in [-0.39, 0.29) is 17.0 Å². The van der Waals surface area contributed by atoms with Crippen LogP contribution < -0.4 is 5.32 Å². The van der Waals surface area contributed by atoms with Crippen molar-refractivity contribution >= 4 is 17.5 Å². The monoisotopic (exact) mass is 444 g/mol. The third-order valence-corrected chi connectivity index (χ3v) is 5.36. The number of rotatable bonds is 6. The first kappa shape index (κ1) is 21.4. The van der Waals surface area contributed by atoms with Crippen molar-refractivity contribution in [2.24, 2.45) is 0 Å². The Morgan fingerprint density at radius 1 is 1.26 bits per heavy atom. The van der Waals surface area contributed by atoms with Crippen molar-refractivity contribution in [2.45, 2.75) is 13.0 Å². The highest BCUT2D eigenvalue weighted by Gasteiger charge is 2.18. The van der Waals surface area contributed by atoms with Crippen molar-refractivity contribution in [3.63, 3.8) is 0 Å². The summed E-state index contributed by atoms with van der Waals surface area (Å²) in [7, 11) is 0. The van der Waals surface area contributed by atoms with Gasteiger partial charge >= 0.3 is 0 Å². The van der Waals surface area contributed by atoms with Crippen molar-refractivity contribution in [1.29, 1.82) is 0 Å². The Balaban J connectivity index is 1.61. The number of tetrazole rings is 1. The lowest BCUT2D eigenvalue weighted by Crippen LogP contribution is -2.46. The van der Waals surface area contributed by atoms with E-state index in [1.54, 1.807) is 24.3 Å². The van der Waals surface area contributed by atoms with Gasteiger partial charge in [-0.1, -0.05) is 11.6 Å². The van der Waals surface area contributed by atoms with E-state index in [1.807, 2.05) is 6.92 Å². The van der Waals surface area contributed by atoms with E-state index in [2.05, 4.69) is 25.7 Å². The number of amides is 1. The van der Waals surface area contributed by atoms with Gasteiger partial charge in [0.1, 0.15) is 12.1 Å². The van der Waals surface area contributed by atoms with Crippen LogP contribution in [0.3, 0.4) is 0 Å². The van der Waals surface area contributed by atoms with Gasteiger partial charge in [0.25, 0.3) is 5.91 Å². The Kier molecular flexibility index (Phi) is 6.55. The number of carbonyl (C=O) groups excluding carboxylic acids is 1. The number of nitrogens with zero attached hydrogens (tertiary/aromatic N) is 5. The van der Waals surface area contributed by atoms with E-state index >= 15 is 0 Å². The Morgan fingerprint density at radius 3 is 2.77 bits per heavy atom. The molecule has 1 amide bonds. The third-order valence-electron chi connectivity index (χ3n) is 5.05. The molecule has 10 heteroatoms. The molecule has 1 fully saturated rings. The van der Waals surface area contributed by atoms with E-state index in [0.29, 0.717) is 35.6 Å². The Bertz CT molecular complexity index is 1060. The van der Waals surface area contributed by atoms with Crippen LogP contribution in [0.25, 0.3) is 16.8 Å². The molecule has 0 saturated carbocycles. The standard InChI is InChI=1S/C21H22ClFN6O2/c1-14(12-28-4-6-31-7-5-28)25-21(30)16-8-15(19-3-2-17(23)11-20(19)22)9-18(10-16)29-13-24-26-27-29/h2-3,8-11,13-14H,4-7,12H2,1H3,(H,25,30). The van der Waals surface area contributed by atoms with Crippen LogP contribution in [0.1, 0.15) is 17.3 Å². The molecule has 8 nitrogen and oxygen atoms in total. The molecule has 31 heavy (non-hydrogen) atoms. The normalized spacial score (nSPS) is 15.6. The number of morpholine rings is 1. The lowest BCUT2D eigenvalue weighted by molar-refractivity contribution is 0.0342. The topological polar surface area (TPSA) is 85.2 Å². The van der Waals surface area contributed by atoms with Crippen molar-refractivity contribution in [3.05, 3.63) is 59.1 Å². The van der Waals surface area contributed by atoms with E-state index in [4.69, 9.17) is 16.3 Å². The zero-order valence-corrected chi connectivity index (χ0v) is 17.7. The molecule has 1 aromatic heterocycles. The minimum atomic E-state index is -0.430. The molecule has 0 bridgehead atoms. The summed E-state index contributed by atoms with van der Waals surface area (Å²) in [6.07, 6.45) is 1.44. The molecule has 1 N–H and O–H groups in total. The predicted molar refractivity (Wildman–Crippen MR) is 114 cm³/mol. The zero-order valence-electron chi connectivity index (χ0n) is 17.0. The van der Waals surface area contributed by atoms with Crippen LogP contribution in [0.15, 0.2) is 42.7 Å². The maximum atomic E-state index is 13.5. The number of aromatic nitrogens is 4. The van der Waals surface area contributed by atoms with Gasteiger partial charge in [0.2, 0.25) is 0 Å². The fourth-order valence-electron chi connectivity index (χ4n) is 3.56. The highest BCUT2D eigenvalue weighted by Crippen LogP contribution is 2.31. The molecule has 1 unspecified atom stereocenters. The second-order valence-corrected chi connectivity index (χ2v) is 7.84. The van der Waals surface area contributed by atoms with Gasteiger partial charge in [-0.15, -0.1) is 5.10 Å². The lowest BCUT2D eigenvalue weighted by Gasteiger charge is -2.29. The summed E-state index contributed by atoms with van der Waals surface area (Å²) in [6.45, 7) is 5.81. The van der Waals surface area contributed by atoms with Gasteiger partial charge in [-0.2, -0.15) is 0 Å². The van der Waals surface area contributed by atoms with Crippen LogP contribution in [0, 0.1) is 5.82 Å². The zero-order chi connectivity index (χ0) is 21.8. The molecule has 1 saturated heterocycles. The van der Waals surface area contributed by atoms with Crippen LogP contribution in [-0.4, -0.2) is 69.9 Å². The molecule has 0 spiro atoms. The number of ether oxygens (including phenoxy) is 1. The first-order chi connectivity index (χ1) is 15.0. The highest BCUT2D eigenvalue weighted by atomic mass is 35.5. The fourth-order valence-corrected chi connectivity index (χ4v) is 3.83. The number of nitrogens with one attached hydrogen (secondary N) is 1. The average molecular weight is 445 g/mol. The fraction of sp³-hybridized carbons (Fsp3) is 0.333. The SMILES string of the molecule is CC(CN1CCOCC1)NC(=O)c1cc(-c2ccc(F)cc2Cl)cc(-n2cnnn2)c1. The van der Waals surface area contributed by atoms with E-state index in [0.717, 1.165) is 19.6 Å². The maximum Gasteiger partial charge on any atom is 0.251 e. The minimum absolute atomic E-state index is 0.0554. The van der Waals surface area contributed by atoms with Gasteiger partial charge < -0.3 is 10.1 Å². The summed E-state index contributed by atoms with van der Waals surface area (Å²) in [5.74, 6) is -0.657. The molecule has 1 aliphatic rings. The lowest BCUT2D eigenvalue weighted by atomic mass is 10.0. The second-order valence-electron chi connectivity index (χ2n) is 7.43. The molecule has 2 aromatic carbocycles. The van der Waals surface area contributed by atoms with E-state index < -0.39 is 5.82 Å². The summed E-state index contributed by atoms with van der Waals surface area (Å²) in [5.41, 5.74) is 2.28. The summed E-state index contributed by atoms with van der Waals surface area (Å²) >= 11 is 6.26. The Morgan fingerprint density at radius 2 is 2.06 bits per heavy atom. The molecule has 1 atom stereocenters. The second kappa shape index (κ2) is 9.51. The highest BCUT2D eigenvalue weighted by molar-refractivity contribution is 6.33.